The summed E-state index contributed by atoms with van der Waals surface area (Å²) < 4.78 is 26.9. The van der Waals surface area contributed by atoms with Gasteiger partial charge >= 0.3 is 13.8 Å². The Morgan fingerprint density at radius 2 is 0.983 bits per heavy atom. The Morgan fingerprint density at radius 1 is 0.552 bits per heavy atom. The number of aliphatic hydroxyl groups excluding tert-OH is 1. The molecule has 10 heteroatoms. The van der Waals surface area contributed by atoms with Crippen LogP contribution >= 0.6 is 7.82 Å². The van der Waals surface area contributed by atoms with Crippen molar-refractivity contribution in [3.63, 3.8) is 0 Å². The van der Waals surface area contributed by atoms with Crippen LogP contribution in [-0.2, 0) is 27.9 Å². The Hall–Kier alpha value is -2.55. The van der Waals surface area contributed by atoms with Crippen molar-refractivity contribution >= 4 is 19.7 Å². The van der Waals surface area contributed by atoms with Gasteiger partial charge in [0.25, 0.3) is 0 Å². The van der Waals surface area contributed by atoms with E-state index in [-0.39, 0.29) is 32.1 Å². The molecule has 0 aliphatic carbocycles. The molecule has 3 N–H and O–H groups in total. The number of carbonyl (C=O) groups excluding carboxylic acids is 2. The van der Waals surface area contributed by atoms with E-state index in [2.05, 4.69) is 92.1 Å². The number of allylic oxidation sites excluding steroid dienone is 12. The molecule has 2 unspecified atom stereocenters. The average Bonchev–Trinajstić information content (AvgIpc) is 3.21. The number of unbranched alkanes of at least 4 members (excludes halogenated alkanes) is 17. The van der Waals surface area contributed by atoms with Gasteiger partial charge in [-0.3, -0.25) is 18.6 Å². The molecule has 0 aliphatic rings. The van der Waals surface area contributed by atoms with Crippen molar-refractivity contribution in [1.29, 1.82) is 0 Å². The largest absolute Gasteiger partial charge is 0.472 e. The van der Waals surface area contributed by atoms with Crippen LogP contribution in [0.4, 0.5) is 0 Å². The Morgan fingerprint density at radius 3 is 1.52 bits per heavy atom. The van der Waals surface area contributed by atoms with E-state index in [1.807, 2.05) is 0 Å². The SMILES string of the molecule is CC/C=C\C/C=C\C/C=C\C/C=C\C/C=C\CCCCCC(=O)NCCOP(=O)(O)OCC(O)COC(=O)CCCCCCCCC/C=C\CCCCCCCCC. The van der Waals surface area contributed by atoms with Crippen molar-refractivity contribution in [2.75, 3.05) is 26.4 Å². The van der Waals surface area contributed by atoms with E-state index < -0.39 is 26.5 Å². The second kappa shape index (κ2) is 44.0. The number of rotatable bonds is 42. The molecule has 0 fully saturated rings. The summed E-state index contributed by atoms with van der Waals surface area (Å²) in [5.41, 5.74) is 0. The fraction of sp³-hybridized carbons (Fsp3) is 0.708. The minimum Gasteiger partial charge on any atom is -0.463 e. The lowest BCUT2D eigenvalue weighted by atomic mass is 10.1. The molecule has 1 amide bonds. The van der Waals surface area contributed by atoms with Crippen molar-refractivity contribution < 1.29 is 37.9 Å². The number of amides is 1. The Balaban J connectivity index is 3.66. The van der Waals surface area contributed by atoms with Gasteiger partial charge in [0.15, 0.2) is 0 Å². The summed E-state index contributed by atoms with van der Waals surface area (Å²) in [6, 6.07) is 0. The van der Waals surface area contributed by atoms with Crippen LogP contribution in [0.15, 0.2) is 72.9 Å². The molecule has 58 heavy (non-hydrogen) atoms. The van der Waals surface area contributed by atoms with Crippen molar-refractivity contribution in [2.45, 2.75) is 193 Å². The van der Waals surface area contributed by atoms with E-state index in [0.717, 1.165) is 89.9 Å². The molecule has 0 radical (unpaired) electrons. The third-order valence-electron chi connectivity index (χ3n) is 9.37. The lowest BCUT2D eigenvalue weighted by Crippen LogP contribution is -2.27. The Labute approximate surface area is 354 Å². The maximum absolute atomic E-state index is 12.1. The van der Waals surface area contributed by atoms with Crippen LogP contribution in [0.1, 0.15) is 187 Å². The molecule has 0 saturated heterocycles. The average molecular weight is 834 g/mol. The third-order valence-corrected chi connectivity index (χ3v) is 10.4. The molecule has 0 saturated carbocycles. The predicted octanol–water partition coefficient (Wildman–Crippen LogP) is 13.0. The number of phosphoric ester groups is 1. The van der Waals surface area contributed by atoms with E-state index in [0.29, 0.717) is 6.42 Å². The summed E-state index contributed by atoms with van der Waals surface area (Å²) in [6.45, 7) is 3.39. The highest BCUT2D eigenvalue weighted by Crippen LogP contribution is 2.42. The first-order chi connectivity index (χ1) is 28.3. The minimum absolute atomic E-state index is 0.0595. The highest BCUT2D eigenvalue weighted by molar-refractivity contribution is 7.47. The van der Waals surface area contributed by atoms with Crippen LogP contribution in [0, 0.1) is 0 Å². The maximum Gasteiger partial charge on any atom is 0.472 e. The first-order valence-electron chi connectivity index (χ1n) is 22.9. The molecular weight excluding hydrogens is 750 g/mol. The number of phosphoric acid groups is 1. The first-order valence-corrected chi connectivity index (χ1v) is 24.4. The summed E-state index contributed by atoms with van der Waals surface area (Å²) in [6.07, 6.45) is 54.0. The smallest absolute Gasteiger partial charge is 0.463 e. The number of nitrogens with one attached hydrogen (secondary N) is 1. The van der Waals surface area contributed by atoms with Gasteiger partial charge in [0.05, 0.1) is 13.2 Å². The fourth-order valence-corrected chi connectivity index (χ4v) is 6.69. The van der Waals surface area contributed by atoms with Gasteiger partial charge in [-0.05, 0) is 83.5 Å². The minimum atomic E-state index is -4.43. The zero-order chi connectivity index (χ0) is 42.5. The van der Waals surface area contributed by atoms with Gasteiger partial charge < -0.3 is 20.1 Å². The van der Waals surface area contributed by atoms with Crippen LogP contribution in [0.3, 0.4) is 0 Å². The van der Waals surface area contributed by atoms with Gasteiger partial charge in [-0.25, -0.2) is 4.57 Å². The van der Waals surface area contributed by atoms with E-state index in [1.165, 1.54) is 70.6 Å². The van der Waals surface area contributed by atoms with Gasteiger partial charge in [-0.1, -0.05) is 164 Å². The number of hydrogen-bond acceptors (Lipinski definition) is 7. The maximum atomic E-state index is 12.1. The molecule has 0 aromatic heterocycles. The van der Waals surface area contributed by atoms with E-state index in [4.69, 9.17) is 13.8 Å². The summed E-state index contributed by atoms with van der Waals surface area (Å²) in [4.78, 5) is 34.0. The van der Waals surface area contributed by atoms with E-state index >= 15 is 0 Å². The number of ether oxygens (including phenoxy) is 1. The highest BCUT2D eigenvalue weighted by Gasteiger charge is 2.23. The predicted molar refractivity (Wildman–Crippen MR) is 243 cm³/mol. The van der Waals surface area contributed by atoms with E-state index in [9.17, 15) is 24.2 Å². The molecule has 9 nitrogen and oxygen atoms in total. The van der Waals surface area contributed by atoms with Gasteiger partial charge in [0.2, 0.25) is 5.91 Å². The number of aliphatic hydroxyl groups is 1. The monoisotopic (exact) mass is 834 g/mol. The summed E-state index contributed by atoms with van der Waals surface area (Å²) >= 11 is 0. The number of hydrogen-bond donors (Lipinski definition) is 3. The molecule has 0 spiro atoms. The molecule has 0 rings (SSSR count). The lowest BCUT2D eigenvalue weighted by molar-refractivity contribution is -0.147. The fourth-order valence-electron chi connectivity index (χ4n) is 5.93. The molecular formula is C48H84NO8P. The molecule has 0 bridgehead atoms. The summed E-state index contributed by atoms with van der Waals surface area (Å²) in [5, 5.41) is 12.7. The summed E-state index contributed by atoms with van der Waals surface area (Å²) in [5.74, 6) is -0.556. The zero-order valence-corrected chi connectivity index (χ0v) is 37.6. The quantitative estimate of drug-likeness (QED) is 0.0240. The topological polar surface area (TPSA) is 131 Å². The zero-order valence-electron chi connectivity index (χ0n) is 36.7. The van der Waals surface area contributed by atoms with Crippen LogP contribution in [-0.4, -0.2) is 54.3 Å². The van der Waals surface area contributed by atoms with Crippen LogP contribution in [0.5, 0.6) is 0 Å². The molecule has 0 heterocycles. The standard InChI is InChI=1S/C48H84NO8P/c1-3-5-7-9-11-13-15-17-19-21-23-24-26-28-30-32-34-36-38-40-47(51)49-42-43-56-58(53,54)57-45-46(50)44-55-48(52)41-39-37-35-33-31-29-27-25-22-20-18-16-14-12-10-8-6-4-2/h5,7,11,13,17,19-20,22-24,28,30,46,50H,3-4,6,8-10,12,14-16,18,21,25-27,29,31-45H2,1-2H3,(H,49,51)(H,53,54)/b7-5-,13-11-,19-17-,22-20-,24-23-,30-28-. The van der Waals surface area contributed by atoms with Gasteiger partial charge in [0.1, 0.15) is 12.7 Å². The molecule has 0 aromatic carbocycles. The number of carbonyl (C=O) groups is 2. The number of esters is 1. The van der Waals surface area contributed by atoms with E-state index in [1.54, 1.807) is 0 Å². The molecule has 334 valence electrons. The van der Waals surface area contributed by atoms with Crippen LogP contribution in [0.25, 0.3) is 0 Å². The lowest BCUT2D eigenvalue weighted by Gasteiger charge is -2.15. The van der Waals surface area contributed by atoms with Gasteiger partial charge in [0, 0.05) is 19.4 Å². The van der Waals surface area contributed by atoms with Crippen molar-refractivity contribution in [2.24, 2.45) is 0 Å². The summed E-state index contributed by atoms with van der Waals surface area (Å²) in [7, 11) is -4.43. The van der Waals surface area contributed by atoms with Crippen molar-refractivity contribution in [1.82, 2.24) is 5.32 Å². The van der Waals surface area contributed by atoms with Gasteiger partial charge in [-0.15, -0.1) is 0 Å². The Kier molecular flexibility index (Phi) is 42.1. The normalized spacial score (nSPS) is 13.9. The molecule has 0 aliphatic heterocycles. The van der Waals surface area contributed by atoms with Crippen molar-refractivity contribution in [3.8, 4) is 0 Å². The third kappa shape index (κ3) is 44.6. The second-order valence-corrected chi connectivity index (χ2v) is 16.4. The second-order valence-electron chi connectivity index (χ2n) is 15.0. The van der Waals surface area contributed by atoms with Crippen LogP contribution < -0.4 is 5.32 Å². The first kappa shape index (κ1) is 55.5. The highest BCUT2D eigenvalue weighted by atomic mass is 31.2. The van der Waals surface area contributed by atoms with Gasteiger partial charge in [-0.2, -0.15) is 0 Å². The Bertz CT molecular complexity index is 1180. The van der Waals surface area contributed by atoms with Crippen LogP contribution in [0.2, 0.25) is 0 Å². The molecule has 0 aromatic rings. The van der Waals surface area contributed by atoms with Crippen molar-refractivity contribution in [3.05, 3.63) is 72.9 Å². The molecule has 2 atom stereocenters.